The summed E-state index contributed by atoms with van der Waals surface area (Å²) in [5.74, 6) is -0.467. The number of carbonyl (C=O) groups is 2. The second-order valence-corrected chi connectivity index (χ2v) is 6.97. The normalized spacial score (nSPS) is 15.2. The summed E-state index contributed by atoms with van der Waals surface area (Å²) in [5, 5.41) is 3.50. The molecular weight excluding hydrogens is 354 g/mol. The molecule has 0 unspecified atom stereocenters. The number of rotatable bonds is 5. The number of esters is 1. The maximum Gasteiger partial charge on any atom is 0.338 e. The number of amides is 1. The van der Waals surface area contributed by atoms with Gasteiger partial charge < -0.3 is 15.0 Å². The molecule has 1 N–H and O–H groups in total. The highest BCUT2D eigenvalue weighted by atomic mass is 35.5. The maximum atomic E-state index is 12.7. The molecular formula is C19H20ClN3O3. The van der Waals surface area contributed by atoms with Gasteiger partial charge in [-0.25, -0.2) is 9.78 Å². The van der Waals surface area contributed by atoms with Crippen LogP contribution in [0.1, 0.15) is 30.6 Å². The quantitative estimate of drug-likeness (QED) is 0.493. The van der Waals surface area contributed by atoms with Crippen LogP contribution < -0.4 is 10.2 Å². The third-order valence-corrected chi connectivity index (χ3v) is 4.35. The van der Waals surface area contributed by atoms with E-state index in [-0.39, 0.29) is 17.7 Å². The highest BCUT2D eigenvalue weighted by Crippen LogP contribution is 2.34. The highest BCUT2D eigenvalue weighted by molar-refractivity contribution is 6.29. The van der Waals surface area contributed by atoms with Crippen molar-refractivity contribution in [1.29, 1.82) is 0 Å². The summed E-state index contributed by atoms with van der Waals surface area (Å²) < 4.78 is 5.27. The van der Waals surface area contributed by atoms with Gasteiger partial charge in [0.2, 0.25) is 0 Å². The summed E-state index contributed by atoms with van der Waals surface area (Å²) >= 11 is 5.77. The zero-order chi connectivity index (χ0) is 18.7. The smallest absolute Gasteiger partial charge is 0.338 e. The molecule has 0 saturated carbocycles. The van der Waals surface area contributed by atoms with E-state index >= 15 is 0 Å². The van der Waals surface area contributed by atoms with Gasteiger partial charge in [-0.05, 0) is 44.5 Å². The Morgan fingerprint density at radius 3 is 2.85 bits per heavy atom. The van der Waals surface area contributed by atoms with E-state index in [0.717, 1.165) is 11.4 Å². The number of nitrogens with zero attached hydrogens (tertiary/aromatic N) is 2. The van der Waals surface area contributed by atoms with Gasteiger partial charge in [-0.2, -0.15) is 0 Å². The van der Waals surface area contributed by atoms with Crippen LogP contribution in [0, 0.1) is 0 Å². The largest absolute Gasteiger partial charge is 0.462 e. The number of carbonyl (C=O) groups excluding carboxylic acids is 2. The minimum absolute atomic E-state index is 0.0107. The Morgan fingerprint density at radius 2 is 2.08 bits per heavy atom. The number of hydrogen-bond donors (Lipinski definition) is 1. The zero-order valence-electron chi connectivity index (χ0n) is 14.7. The fourth-order valence-corrected chi connectivity index (χ4v) is 3.05. The molecule has 7 heteroatoms. The van der Waals surface area contributed by atoms with Crippen molar-refractivity contribution >= 4 is 34.9 Å². The first-order valence-electron chi connectivity index (χ1n) is 8.36. The lowest BCUT2D eigenvalue weighted by Gasteiger charge is -2.39. The summed E-state index contributed by atoms with van der Waals surface area (Å²) in [4.78, 5) is 30.3. The molecule has 136 valence electrons. The zero-order valence-corrected chi connectivity index (χ0v) is 15.4. The van der Waals surface area contributed by atoms with Crippen molar-refractivity contribution in [2.45, 2.75) is 25.8 Å². The van der Waals surface area contributed by atoms with Crippen molar-refractivity contribution < 1.29 is 14.3 Å². The SMILES string of the molecule is CC1(C)Nc2ccccc2N(CCCOC(=O)c2ccnc(Cl)c2)C1=O. The van der Waals surface area contributed by atoms with E-state index in [2.05, 4.69) is 10.3 Å². The Bertz CT molecular complexity index is 838. The van der Waals surface area contributed by atoms with Crippen molar-refractivity contribution in [2.24, 2.45) is 0 Å². The summed E-state index contributed by atoms with van der Waals surface area (Å²) in [5.41, 5.74) is 1.43. The Balaban J connectivity index is 1.61. The summed E-state index contributed by atoms with van der Waals surface area (Å²) in [6.07, 6.45) is 1.98. The molecule has 0 radical (unpaired) electrons. The second-order valence-electron chi connectivity index (χ2n) is 6.58. The van der Waals surface area contributed by atoms with Crippen molar-refractivity contribution in [3.8, 4) is 0 Å². The van der Waals surface area contributed by atoms with E-state index in [1.165, 1.54) is 12.3 Å². The molecule has 0 aliphatic carbocycles. The molecule has 0 fully saturated rings. The van der Waals surface area contributed by atoms with Crippen molar-refractivity contribution in [3.63, 3.8) is 0 Å². The number of aromatic nitrogens is 1. The molecule has 1 aromatic heterocycles. The molecule has 26 heavy (non-hydrogen) atoms. The number of halogens is 1. The van der Waals surface area contributed by atoms with E-state index in [1.807, 2.05) is 38.1 Å². The molecule has 0 atom stereocenters. The predicted octanol–water partition coefficient (Wildman–Crippen LogP) is 3.52. The van der Waals surface area contributed by atoms with E-state index in [0.29, 0.717) is 18.5 Å². The van der Waals surface area contributed by atoms with Gasteiger partial charge in [0.25, 0.3) is 5.91 Å². The molecule has 0 spiro atoms. The molecule has 3 rings (SSSR count). The number of nitrogens with one attached hydrogen (secondary N) is 1. The molecule has 6 nitrogen and oxygen atoms in total. The topological polar surface area (TPSA) is 71.5 Å². The van der Waals surface area contributed by atoms with Gasteiger partial charge in [-0.3, -0.25) is 4.79 Å². The minimum Gasteiger partial charge on any atom is -0.462 e. The molecule has 1 aromatic carbocycles. The first kappa shape index (κ1) is 18.2. The van der Waals surface area contributed by atoms with Gasteiger partial charge in [0.1, 0.15) is 10.7 Å². The number of ether oxygens (including phenoxy) is 1. The van der Waals surface area contributed by atoms with E-state index in [9.17, 15) is 9.59 Å². The monoisotopic (exact) mass is 373 g/mol. The average molecular weight is 374 g/mol. The van der Waals surface area contributed by atoms with Crippen LogP contribution in [0.5, 0.6) is 0 Å². The van der Waals surface area contributed by atoms with Gasteiger partial charge in [0, 0.05) is 12.7 Å². The van der Waals surface area contributed by atoms with Crippen molar-refractivity contribution in [1.82, 2.24) is 4.98 Å². The lowest BCUT2D eigenvalue weighted by molar-refractivity contribution is -0.122. The molecule has 0 bridgehead atoms. The lowest BCUT2D eigenvalue weighted by Crippen LogP contribution is -2.54. The van der Waals surface area contributed by atoms with Crippen LogP contribution in [0.3, 0.4) is 0 Å². The number of hydrogen-bond acceptors (Lipinski definition) is 5. The third-order valence-electron chi connectivity index (χ3n) is 4.14. The number of anilines is 2. The van der Waals surface area contributed by atoms with E-state index in [4.69, 9.17) is 16.3 Å². The Kier molecular flexibility index (Phi) is 5.13. The van der Waals surface area contributed by atoms with Gasteiger partial charge in [0.15, 0.2) is 0 Å². The summed E-state index contributed by atoms with van der Waals surface area (Å²) in [6.45, 7) is 4.38. The number of pyridine rings is 1. The second kappa shape index (κ2) is 7.33. The van der Waals surface area contributed by atoms with Crippen LogP contribution in [-0.4, -0.2) is 35.6 Å². The summed E-state index contributed by atoms with van der Waals surface area (Å²) in [6, 6.07) is 10.7. The number of para-hydroxylation sites is 2. The Labute approximate surface area is 157 Å². The first-order chi connectivity index (χ1) is 12.4. The number of benzene rings is 1. The van der Waals surface area contributed by atoms with Gasteiger partial charge in [-0.15, -0.1) is 0 Å². The van der Waals surface area contributed by atoms with Crippen LogP contribution in [0.25, 0.3) is 0 Å². The predicted molar refractivity (Wildman–Crippen MR) is 101 cm³/mol. The minimum atomic E-state index is -0.682. The first-order valence-corrected chi connectivity index (χ1v) is 8.74. The third kappa shape index (κ3) is 3.80. The van der Waals surface area contributed by atoms with Crippen LogP contribution >= 0.6 is 11.6 Å². The molecule has 1 aliphatic rings. The fourth-order valence-electron chi connectivity index (χ4n) is 2.87. The molecule has 1 amide bonds. The van der Waals surface area contributed by atoms with Gasteiger partial charge in [-0.1, -0.05) is 23.7 Å². The van der Waals surface area contributed by atoms with Gasteiger partial charge in [0.05, 0.1) is 23.5 Å². The van der Waals surface area contributed by atoms with Crippen molar-refractivity contribution in [2.75, 3.05) is 23.4 Å². The van der Waals surface area contributed by atoms with E-state index in [1.54, 1.807) is 11.0 Å². The highest BCUT2D eigenvalue weighted by Gasteiger charge is 2.38. The molecule has 0 saturated heterocycles. The van der Waals surface area contributed by atoms with Crippen LogP contribution in [0.4, 0.5) is 11.4 Å². The van der Waals surface area contributed by atoms with Crippen molar-refractivity contribution in [3.05, 3.63) is 53.3 Å². The van der Waals surface area contributed by atoms with E-state index < -0.39 is 11.5 Å². The number of fused-ring (bicyclic) bond motifs is 1. The summed E-state index contributed by atoms with van der Waals surface area (Å²) in [7, 11) is 0. The molecule has 1 aliphatic heterocycles. The molecule has 2 aromatic rings. The Morgan fingerprint density at radius 1 is 1.31 bits per heavy atom. The van der Waals surface area contributed by atoms with Crippen LogP contribution in [0.2, 0.25) is 5.15 Å². The standard InChI is InChI=1S/C19H20ClN3O3/c1-19(2)18(25)23(15-7-4-3-6-14(15)22-19)10-5-11-26-17(24)13-8-9-21-16(20)12-13/h3-4,6-9,12,22H,5,10-11H2,1-2H3. The Hall–Kier alpha value is -2.60. The van der Waals surface area contributed by atoms with Crippen LogP contribution in [0.15, 0.2) is 42.6 Å². The van der Waals surface area contributed by atoms with Gasteiger partial charge >= 0.3 is 5.97 Å². The molecule has 2 heterocycles. The lowest BCUT2D eigenvalue weighted by atomic mass is 9.98. The van der Waals surface area contributed by atoms with Crippen LogP contribution in [-0.2, 0) is 9.53 Å². The average Bonchev–Trinajstić information content (AvgIpc) is 2.61. The fraction of sp³-hybridized carbons (Fsp3) is 0.316. The maximum absolute atomic E-state index is 12.7.